The zero-order valence-electron chi connectivity index (χ0n) is 6.93. The highest BCUT2D eigenvalue weighted by atomic mass is 35.5. The van der Waals surface area contributed by atoms with Crippen LogP contribution in [-0.2, 0) is 5.60 Å². The van der Waals surface area contributed by atoms with Crippen LogP contribution >= 0.6 is 23.2 Å². The second-order valence-corrected chi connectivity index (χ2v) is 4.17. The molecule has 2 nitrogen and oxygen atoms in total. The topological polar surface area (TPSA) is 33.1 Å². The smallest absolute Gasteiger partial charge is 0.135 e. The van der Waals surface area contributed by atoms with Gasteiger partial charge in [-0.2, -0.15) is 0 Å². The van der Waals surface area contributed by atoms with Gasteiger partial charge in [0.05, 0.1) is 10.6 Å². The van der Waals surface area contributed by atoms with Crippen molar-refractivity contribution < 1.29 is 5.11 Å². The quantitative estimate of drug-likeness (QED) is 0.735. The Labute approximate surface area is 86.5 Å². The van der Waals surface area contributed by atoms with Crippen LogP contribution in [0.3, 0.4) is 0 Å². The Morgan fingerprint density at radius 1 is 1.38 bits per heavy atom. The SMILES string of the molecule is OC1(c2cc(Cl)cnc2Cl)CCC1. The molecule has 0 bridgehead atoms. The van der Waals surface area contributed by atoms with Gasteiger partial charge < -0.3 is 5.11 Å². The molecular formula is C9H9Cl2NO. The number of pyridine rings is 1. The molecule has 1 N–H and O–H groups in total. The lowest BCUT2D eigenvalue weighted by atomic mass is 9.76. The van der Waals surface area contributed by atoms with E-state index in [0.717, 1.165) is 19.3 Å². The molecule has 0 amide bonds. The molecule has 1 aromatic rings. The second kappa shape index (κ2) is 3.12. The van der Waals surface area contributed by atoms with Crippen molar-refractivity contribution in [2.45, 2.75) is 24.9 Å². The van der Waals surface area contributed by atoms with E-state index in [9.17, 15) is 5.11 Å². The summed E-state index contributed by atoms with van der Waals surface area (Å²) < 4.78 is 0. The first-order valence-corrected chi connectivity index (χ1v) is 4.91. The van der Waals surface area contributed by atoms with E-state index in [1.54, 1.807) is 6.07 Å². The van der Waals surface area contributed by atoms with Crippen molar-refractivity contribution in [2.24, 2.45) is 0 Å². The van der Waals surface area contributed by atoms with Crippen molar-refractivity contribution in [3.63, 3.8) is 0 Å². The van der Waals surface area contributed by atoms with Gasteiger partial charge in [-0.25, -0.2) is 4.98 Å². The van der Waals surface area contributed by atoms with Crippen molar-refractivity contribution in [2.75, 3.05) is 0 Å². The van der Waals surface area contributed by atoms with Crippen LogP contribution in [-0.4, -0.2) is 10.1 Å². The summed E-state index contributed by atoms with van der Waals surface area (Å²) in [4.78, 5) is 3.90. The van der Waals surface area contributed by atoms with Crippen LogP contribution in [0.15, 0.2) is 12.3 Å². The van der Waals surface area contributed by atoms with Gasteiger partial charge in [0.2, 0.25) is 0 Å². The Kier molecular flexibility index (Phi) is 2.22. The first-order chi connectivity index (χ1) is 6.12. The number of halogens is 2. The molecule has 0 saturated heterocycles. The third-order valence-corrected chi connectivity index (χ3v) is 3.00. The Bertz CT molecular complexity index is 336. The lowest BCUT2D eigenvalue weighted by Gasteiger charge is -2.37. The molecule has 0 atom stereocenters. The van der Waals surface area contributed by atoms with Crippen LogP contribution in [0, 0.1) is 0 Å². The minimum Gasteiger partial charge on any atom is -0.385 e. The summed E-state index contributed by atoms with van der Waals surface area (Å²) >= 11 is 11.6. The fourth-order valence-corrected chi connectivity index (χ4v) is 1.97. The van der Waals surface area contributed by atoms with Gasteiger partial charge in [0.15, 0.2) is 0 Å². The molecule has 1 aliphatic carbocycles. The van der Waals surface area contributed by atoms with E-state index in [1.807, 2.05) is 0 Å². The molecule has 1 aliphatic rings. The number of rotatable bonds is 1. The average Bonchev–Trinajstić information content (AvgIpc) is 2.05. The molecule has 1 aromatic heterocycles. The molecule has 70 valence electrons. The van der Waals surface area contributed by atoms with Crippen LogP contribution in [0.5, 0.6) is 0 Å². The number of nitrogens with zero attached hydrogens (tertiary/aromatic N) is 1. The average molecular weight is 218 g/mol. The maximum absolute atomic E-state index is 10.0. The third-order valence-electron chi connectivity index (χ3n) is 2.49. The van der Waals surface area contributed by atoms with E-state index in [4.69, 9.17) is 23.2 Å². The molecule has 4 heteroatoms. The molecule has 1 heterocycles. The van der Waals surface area contributed by atoms with Crippen molar-refractivity contribution in [1.29, 1.82) is 0 Å². The highest BCUT2D eigenvalue weighted by Gasteiger charge is 2.38. The minimum atomic E-state index is -0.783. The summed E-state index contributed by atoms with van der Waals surface area (Å²) in [6.07, 6.45) is 4.00. The summed E-state index contributed by atoms with van der Waals surface area (Å²) in [7, 11) is 0. The highest BCUT2D eigenvalue weighted by Crippen LogP contribution is 2.43. The van der Waals surface area contributed by atoms with Gasteiger partial charge in [-0.05, 0) is 25.3 Å². The van der Waals surface area contributed by atoms with Crippen LogP contribution in [0.2, 0.25) is 10.2 Å². The number of hydrogen-bond acceptors (Lipinski definition) is 2. The summed E-state index contributed by atoms with van der Waals surface area (Å²) in [5.74, 6) is 0. The normalized spacial score (nSPS) is 19.6. The van der Waals surface area contributed by atoms with Gasteiger partial charge in [0.1, 0.15) is 5.15 Å². The molecule has 0 spiro atoms. The van der Waals surface area contributed by atoms with Gasteiger partial charge in [-0.3, -0.25) is 0 Å². The van der Waals surface area contributed by atoms with Crippen LogP contribution < -0.4 is 0 Å². The monoisotopic (exact) mass is 217 g/mol. The second-order valence-electron chi connectivity index (χ2n) is 3.38. The Balaban J connectivity index is 2.43. The van der Waals surface area contributed by atoms with Crippen LogP contribution in [0.25, 0.3) is 0 Å². The fourth-order valence-electron chi connectivity index (χ4n) is 1.53. The molecule has 0 aliphatic heterocycles. The van der Waals surface area contributed by atoms with E-state index in [2.05, 4.69) is 4.98 Å². The minimum absolute atomic E-state index is 0.353. The number of aliphatic hydroxyl groups is 1. The maximum Gasteiger partial charge on any atom is 0.135 e. The molecule has 2 rings (SSSR count). The molecule has 0 radical (unpaired) electrons. The maximum atomic E-state index is 10.0. The van der Waals surface area contributed by atoms with Crippen molar-refractivity contribution in [1.82, 2.24) is 4.98 Å². The molecule has 13 heavy (non-hydrogen) atoms. The van der Waals surface area contributed by atoms with E-state index in [0.29, 0.717) is 15.7 Å². The number of aromatic nitrogens is 1. The Morgan fingerprint density at radius 2 is 2.08 bits per heavy atom. The van der Waals surface area contributed by atoms with Crippen LogP contribution in [0.1, 0.15) is 24.8 Å². The molecule has 0 aromatic carbocycles. The molecule has 1 saturated carbocycles. The predicted molar refractivity (Wildman–Crippen MR) is 52.0 cm³/mol. The first-order valence-electron chi connectivity index (χ1n) is 4.16. The van der Waals surface area contributed by atoms with Crippen molar-refractivity contribution in [3.05, 3.63) is 28.0 Å². The molecule has 1 fully saturated rings. The van der Waals surface area contributed by atoms with Crippen molar-refractivity contribution >= 4 is 23.2 Å². The first kappa shape index (κ1) is 9.25. The predicted octanol–water partition coefficient (Wildman–Crippen LogP) is 2.76. The van der Waals surface area contributed by atoms with Crippen molar-refractivity contribution in [3.8, 4) is 0 Å². The highest BCUT2D eigenvalue weighted by molar-refractivity contribution is 6.32. The van der Waals surface area contributed by atoms with Crippen LogP contribution in [0.4, 0.5) is 0 Å². The van der Waals surface area contributed by atoms with E-state index >= 15 is 0 Å². The zero-order valence-corrected chi connectivity index (χ0v) is 8.44. The largest absolute Gasteiger partial charge is 0.385 e. The third kappa shape index (κ3) is 1.54. The van der Waals surface area contributed by atoms with Gasteiger partial charge in [0.25, 0.3) is 0 Å². The van der Waals surface area contributed by atoms with Gasteiger partial charge >= 0.3 is 0 Å². The molecular weight excluding hydrogens is 209 g/mol. The molecule has 0 unspecified atom stereocenters. The van der Waals surface area contributed by atoms with E-state index in [-0.39, 0.29) is 0 Å². The van der Waals surface area contributed by atoms with E-state index < -0.39 is 5.60 Å². The van der Waals surface area contributed by atoms with E-state index in [1.165, 1.54) is 6.20 Å². The Hall–Kier alpha value is -0.310. The summed E-state index contributed by atoms with van der Waals surface area (Å²) in [5.41, 5.74) is -0.123. The number of hydrogen-bond donors (Lipinski definition) is 1. The Morgan fingerprint density at radius 3 is 2.62 bits per heavy atom. The summed E-state index contributed by atoms with van der Waals surface area (Å²) in [6, 6.07) is 1.69. The van der Waals surface area contributed by atoms with Gasteiger partial charge in [0, 0.05) is 11.8 Å². The fraction of sp³-hybridized carbons (Fsp3) is 0.444. The van der Waals surface area contributed by atoms with Gasteiger partial charge in [-0.1, -0.05) is 23.2 Å². The summed E-state index contributed by atoms with van der Waals surface area (Å²) in [5, 5.41) is 10.9. The zero-order chi connectivity index (χ0) is 9.47. The standard InChI is InChI=1S/C9H9Cl2NO/c10-6-4-7(8(11)12-5-6)9(13)2-1-3-9/h4-5,13H,1-3H2. The van der Waals surface area contributed by atoms with Gasteiger partial charge in [-0.15, -0.1) is 0 Å². The lowest BCUT2D eigenvalue weighted by molar-refractivity contribution is -0.0389. The lowest BCUT2D eigenvalue weighted by Crippen LogP contribution is -2.34. The summed E-state index contributed by atoms with van der Waals surface area (Å²) in [6.45, 7) is 0.